The molecule has 0 spiro atoms. The molecule has 8 nitrogen and oxygen atoms in total. The van der Waals surface area contributed by atoms with Gasteiger partial charge in [-0.15, -0.1) is 0 Å². The number of halogens is 4. The summed E-state index contributed by atoms with van der Waals surface area (Å²) in [5.74, 6) is -0.475. The van der Waals surface area contributed by atoms with E-state index in [0.29, 0.717) is 18.0 Å². The van der Waals surface area contributed by atoms with Gasteiger partial charge in [-0.3, -0.25) is 14.9 Å². The average molecular weight is 545 g/mol. The number of benzene rings is 1. The summed E-state index contributed by atoms with van der Waals surface area (Å²) in [6, 6.07) is 5.53. The maximum absolute atomic E-state index is 13.9. The molecule has 39 heavy (non-hydrogen) atoms. The number of hydrogen-bond donors (Lipinski definition) is 1. The predicted molar refractivity (Wildman–Crippen MR) is 133 cm³/mol. The number of carbonyl (C=O) groups excluding carboxylic acids is 2. The first kappa shape index (κ1) is 25.7. The van der Waals surface area contributed by atoms with Crippen molar-refractivity contribution >= 4 is 17.5 Å². The number of amides is 2. The summed E-state index contributed by atoms with van der Waals surface area (Å²) in [5.41, 5.74) is -1.44. The molecular formula is C27H28F4N6O2. The Morgan fingerprint density at radius 3 is 2.54 bits per heavy atom. The Balaban J connectivity index is 1.23. The lowest BCUT2D eigenvalue weighted by molar-refractivity contribution is -0.136. The summed E-state index contributed by atoms with van der Waals surface area (Å²) in [7, 11) is 0. The third-order valence-electron chi connectivity index (χ3n) is 8.03. The number of hydrogen-bond acceptors (Lipinski definition) is 5. The van der Waals surface area contributed by atoms with Crippen molar-refractivity contribution in [3.05, 3.63) is 53.6 Å². The van der Waals surface area contributed by atoms with E-state index in [2.05, 4.69) is 15.4 Å². The Labute approximate surface area is 222 Å². The number of nitrogens with zero attached hydrogens (tertiary/aromatic N) is 5. The van der Waals surface area contributed by atoms with Crippen LogP contribution in [0.1, 0.15) is 54.6 Å². The molecule has 1 aromatic carbocycles. The molecule has 4 heterocycles. The number of imidazole rings is 1. The zero-order chi connectivity index (χ0) is 27.3. The van der Waals surface area contributed by atoms with Crippen molar-refractivity contribution < 1.29 is 27.2 Å². The molecule has 2 saturated heterocycles. The molecule has 0 unspecified atom stereocenters. The molecule has 0 radical (unpaired) electrons. The third kappa shape index (κ3) is 4.97. The van der Waals surface area contributed by atoms with Gasteiger partial charge in [-0.25, -0.2) is 13.9 Å². The molecular weight excluding hydrogens is 516 g/mol. The van der Waals surface area contributed by atoms with Gasteiger partial charge in [0.15, 0.2) is 5.65 Å². The molecule has 1 N–H and O–H groups in total. The van der Waals surface area contributed by atoms with Gasteiger partial charge in [-0.1, -0.05) is 32.1 Å². The van der Waals surface area contributed by atoms with Gasteiger partial charge >= 0.3 is 6.18 Å². The summed E-state index contributed by atoms with van der Waals surface area (Å²) in [5, 5.41) is 7.60. The maximum Gasteiger partial charge on any atom is 0.420 e. The van der Waals surface area contributed by atoms with Gasteiger partial charge in [-0.2, -0.15) is 18.3 Å². The monoisotopic (exact) mass is 544 g/mol. The van der Waals surface area contributed by atoms with Crippen molar-refractivity contribution in [1.29, 1.82) is 0 Å². The summed E-state index contributed by atoms with van der Waals surface area (Å²) in [6.45, 7) is 0.824. The van der Waals surface area contributed by atoms with Gasteiger partial charge in [0, 0.05) is 18.7 Å². The first-order chi connectivity index (χ1) is 18.7. The van der Waals surface area contributed by atoms with E-state index in [4.69, 9.17) is 0 Å². The number of aromatic nitrogens is 3. The van der Waals surface area contributed by atoms with Crippen LogP contribution in [0.25, 0.3) is 16.9 Å². The zero-order valence-corrected chi connectivity index (χ0v) is 21.1. The Morgan fingerprint density at radius 2 is 1.82 bits per heavy atom. The van der Waals surface area contributed by atoms with E-state index in [-0.39, 0.29) is 42.6 Å². The molecule has 2 aliphatic heterocycles. The van der Waals surface area contributed by atoms with Gasteiger partial charge < -0.3 is 9.80 Å². The first-order valence-electron chi connectivity index (χ1n) is 13.3. The fourth-order valence-electron chi connectivity index (χ4n) is 6.02. The van der Waals surface area contributed by atoms with Crippen LogP contribution in [0.4, 0.5) is 17.6 Å². The normalized spacial score (nSPS) is 22.5. The second-order valence-corrected chi connectivity index (χ2v) is 10.6. The molecule has 6 rings (SSSR count). The SMILES string of the molecule is O=C(c1cn2nc(-c3ccc(F)cc3)cc(C(F)(F)F)c2n1)N1CCN2C(=O)[C@@H](CC3CCCCC3)N[C@H]2C1. The van der Waals surface area contributed by atoms with Crippen LogP contribution in [0.2, 0.25) is 0 Å². The number of fused-ring (bicyclic) bond motifs is 2. The lowest BCUT2D eigenvalue weighted by Crippen LogP contribution is -2.56. The van der Waals surface area contributed by atoms with Crippen LogP contribution in [0.15, 0.2) is 36.5 Å². The van der Waals surface area contributed by atoms with Crippen LogP contribution in [0.5, 0.6) is 0 Å². The molecule has 2 atom stereocenters. The van der Waals surface area contributed by atoms with Crippen molar-refractivity contribution in [1.82, 2.24) is 29.7 Å². The summed E-state index contributed by atoms with van der Waals surface area (Å²) >= 11 is 0. The highest BCUT2D eigenvalue weighted by molar-refractivity contribution is 5.93. The van der Waals surface area contributed by atoms with Crippen molar-refractivity contribution in [2.45, 2.75) is 56.9 Å². The lowest BCUT2D eigenvalue weighted by Gasteiger charge is -2.36. The lowest BCUT2D eigenvalue weighted by atomic mass is 9.85. The highest BCUT2D eigenvalue weighted by atomic mass is 19.4. The van der Waals surface area contributed by atoms with Crippen molar-refractivity contribution in [3.8, 4) is 11.3 Å². The summed E-state index contributed by atoms with van der Waals surface area (Å²) < 4.78 is 56.1. The first-order valence-corrected chi connectivity index (χ1v) is 13.3. The quantitative estimate of drug-likeness (QED) is 0.500. The molecule has 3 aliphatic rings. The Hall–Kier alpha value is -3.54. The number of alkyl halides is 3. The number of nitrogens with one attached hydrogen (secondary N) is 1. The second-order valence-electron chi connectivity index (χ2n) is 10.6. The van der Waals surface area contributed by atoms with Crippen LogP contribution in [-0.2, 0) is 11.0 Å². The molecule has 0 bridgehead atoms. The molecule has 2 amide bonds. The van der Waals surface area contributed by atoms with E-state index in [0.717, 1.165) is 42.0 Å². The van der Waals surface area contributed by atoms with Crippen LogP contribution >= 0.6 is 0 Å². The van der Waals surface area contributed by atoms with Crippen molar-refractivity contribution in [2.24, 2.45) is 5.92 Å². The fourth-order valence-corrected chi connectivity index (χ4v) is 6.02. The van der Waals surface area contributed by atoms with E-state index in [1.807, 2.05) is 0 Å². The van der Waals surface area contributed by atoms with Crippen molar-refractivity contribution in [3.63, 3.8) is 0 Å². The van der Waals surface area contributed by atoms with Gasteiger partial charge in [0.25, 0.3) is 5.91 Å². The molecule has 1 saturated carbocycles. The topological polar surface area (TPSA) is 82.8 Å². The van der Waals surface area contributed by atoms with E-state index in [1.54, 1.807) is 4.90 Å². The van der Waals surface area contributed by atoms with Gasteiger partial charge in [-0.05, 0) is 42.7 Å². The maximum atomic E-state index is 13.9. The number of rotatable bonds is 4. The minimum absolute atomic E-state index is 0.0301. The summed E-state index contributed by atoms with van der Waals surface area (Å²) in [6.07, 6.45) is 2.77. The summed E-state index contributed by atoms with van der Waals surface area (Å²) in [4.78, 5) is 33.6. The van der Waals surface area contributed by atoms with Crippen LogP contribution in [-0.4, -0.2) is 68.1 Å². The molecule has 3 fully saturated rings. The Kier molecular flexibility index (Phi) is 6.52. The second kappa shape index (κ2) is 9.89. The minimum Gasteiger partial charge on any atom is -0.332 e. The standard InChI is InChI=1S/C27H28F4N6O2/c28-18-8-6-17(7-9-18)20-13-19(27(29,30)31)24-33-22(14-37(24)34-20)25(38)35-10-11-36-23(15-35)32-21(26(36)39)12-16-4-2-1-3-5-16/h6-9,13-14,16,21,23,32H,1-5,10-12,15H2/t21-,23-/m1/s1. The zero-order valence-electron chi connectivity index (χ0n) is 21.1. The largest absolute Gasteiger partial charge is 0.420 e. The highest BCUT2D eigenvalue weighted by Gasteiger charge is 2.44. The molecule has 3 aromatic rings. The average Bonchev–Trinajstić information content (AvgIpc) is 3.48. The molecule has 206 valence electrons. The van der Waals surface area contributed by atoms with Crippen LogP contribution < -0.4 is 5.32 Å². The van der Waals surface area contributed by atoms with E-state index >= 15 is 0 Å². The van der Waals surface area contributed by atoms with E-state index in [1.165, 1.54) is 42.5 Å². The fraction of sp³-hybridized carbons (Fsp3) is 0.481. The predicted octanol–water partition coefficient (Wildman–Crippen LogP) is 4.11. The molecule has 2 aromatic heterocycles. The number of carbonyl (C=O) groups is 2. The van der Waals surface area contributed by atoms with Gasteiger partial charge in [0.05, 0.1) is 24.5 Å². The van der Waals surface area contributed by atoms with Gasteiger partial charge in [0.2, 0.25) is 5.91 Å². The number of piperazine rings is 1. The molecule has 12 heteroatoms. The minimum atomic E-state index is -4.75. The Morgan fingerprint density at radius 1 is 1.08 bits per heavy atom. The van der Waals surface area contributed by atoms with E-state index < -0.39 is 29.1 Å². The van der Waals surface area contributed by atoms with E-state index in [9.17, 15) is 27.2 Å². The van der Waals surface area contributed by atoms with Crippen LogP contribution in [0, 0.1) is 11.7 Å². The highest BCUT2D eigenvalue weighted by Crippen LogP contribution is 2.35. The molecule has 1 aliphatic carbocycles. The van der Waals surface area contributed by atoms with Gasteiger partial charge in [0.1, 0.15) is 23.2 Å². The Bertz CT molecular complexity index is 1400. The smallest absolute Gasteiger partial charge is 0.332 e. The van der Waals surface area contributed by atoms with Crippen molar-refractivity contribution in [2.75, 3.05) is 19.6 Å². The third-order valence-corrected chi connectivity index (χ3v) is 8.03. The van der Waals surface area contributed by atoms with Crippen LogP contribution in [0.3, 0.4) is 0 Å².